The van der Waals surface area contributed by atoms with Crippen molar-refractivity contribution in [2.45, 2.75) is 13.8 Å². The van der Waals surface area contributed by atoms with Gasteiger partial charge in [-0.15, -0.1) is 0 Å². The van der Waals surface area contributed by atoms with Crippen molar-refractivity contribution in [3.8, 4) is 0 Å². The molecule has 0 aliphatic rings. The predicted molar refractivity (Wildman–Crippen MR) is 84.7 cm³/mol. The van der Waals surface area contributed by atoms with Crippen LogP contribution < -0.4 is 5.32 Å². The Morgan fingerprint density at radius 1 is 1.14 bits per heavy atom. The monoisotopic (exact) mass is 348 g/mol. The first-order chi connectivity index (χ1) is 9.86. The van der Waals surface area contributed by atoms with Crippen molar-refractivity contribution in [2.24, 2.45) is 0 Å². The zero-order chi connectivity index (χ0) is 15.6. The minimum absolute atomic E-state index is 0.0943. The molecule has 1 amide bonds. The van der Waals surface area contributed by atoms with Crippen LogP contribution in [0.2, 0.25) is 0 Å². The van der Waals surface area contributed by atoms with Crippen LogP contribution >= 0.6 is 15.9 Å². The number of halogens is 1. The lowest BCUT2D eigenvalue weighted by Gasteiger charge is -2.08. The molecule has 0 unspecified atom stereocenters. The van der Waals surface area contributed by atoms with Crippen molar-refractivity contribution in [1.29, 1.82) is 0 Å². The number of nitrogens with one attached hydrogen (secondary N) is 1. The SMILES string of the molecule is Cc1cc(C(=O)Nc2ccc(C)cc2Br)cc([N+](=O)[O-])c1. The van der Waals surface area contributed by atoms with E-state index in [1.54, 1.807) is 19.1 Å². The molecule has 0 bridgehead atoms. The Hall–Kier alpha value is -2.21. The molecule has 21 heavy (non-hydrogen) atoms. The molecule has 2 aromatic rings. The molecule has 1 N–H and O–H groups in total. The van der Waals surface area contributed by atoms with Crippen molar-refractivity contribution in [3.63, 3.8) is 0 Å². The van der Waals surface area contributed by atoms with E-state index in [4.69, 9.17) is 0 Å². The van der Waals surface area contributed by atoms with Crippen molar-refractivity contribution in [3.05, 3.63) is 67.7 Å². The molecule has 0 atom stereocenters. The first-order valence-corrected chi connectivity index (χ1v) is 6.99. The van der Waals surface area contributed by atoms with E-state index in [9.17, 15) is 14.9 Å². The van der Waals surface area contributed by atoms with E-state index in [1.807, 2.05) is 19.1 Å². The number of non-ortho nitro benzene ring substituents is 1. The number of aryl methyl sites for hydroxylation is 2. The van der Waals surface area contributed by atoms with Crippen LogP contribution in [0.3, 0.4) is 0 Å². The first kappa shape index (κ1) is 15.2. The van der Waals surface area contributed by atoms with Gasteiger partial charge in [-0.1, -0.05) is 6.07 Å². The summed E-state index contributed by atoms with van der Waals surface area (Å²) < 4.78 is 0.762. The smallest absolute Gasteiger partial charge is 0.270 e. The molecule has 0 aliphatic carbocycles. The molecule has 0 radical (unpaired) electrons. The number of rotatable bonds is 3. The average Bonchev–Trinajstić information content (AvgIpc) is 2.41. The Morgan fingerprint density at radius 3 is 2.48 bits per heavy atom. The van der Waals surface area contributed by atoms with E-state index < -0.39 is 4.92 Å². The second kappa shape index (κ2) is 6.05. The summed E-state index contributed by atoms with van der Waals surface area (Å²) in [7, 11) is 0. The summed E-state index contributed by atoms with van der Waals surface area (Å²) in [5.41, 5.74) is 2.51. The second-order valence-electron chi connectivity index (χ2n) is 4.75. The zero-order valence-corrected chi connectivity index (χ0v) is 13.1. The van der Waals surface area contributed by atoms with E-state index in [-0.39, 0.29) is 17.2 Å². The fraction of sp³-hybridized carbons (Fsp3) is 0.133. The molecular formula is C15H13BrN2O3. The maximum absolute atomic E-state index is 12.2. The Labute approximate surface area is 130 Å². The largest absolute Gasteiger partial charge is 0.321 e. The van der Waals surface area contributed by atoms with E-state index in [0.717, 1.165) is 10.0 Å². The zero-order valence-electron chi connectivity index (χ0n) is 11.5. The number of carbonyl (C=O) groups excluding carboxylic acids is 1. The molecule has 0 saturated heterocycles. The molecule has 2 rings (SSSR count). The molecule has 2 aromatic carbocycles. The second-order valence-corrected chi connectivity index (χ2v) is 5.61. The van der Waals surface area contributed by atoms with Gasteiger partial charge in [0, 0.05) is 22.2 Å². The molecule has 5 nitrogen and oxygen atoms in total. The average molecular weight is 349 g/mol. The summed E-state index contributed by atoms with van der Waals surface area (Å²) >= 11 is 3.38. The molecule has 0 spiro atoms. The highest BCUT2D eigenvalue weighted by Gasteiger charge is 2.14. The highest BCUT2D eigenvalue weighted by molar-refractivity contribution is 9.10. The van der Waals surface area contributed by atoms with Crippen molar-refractivity contribution < 1.29 is 9.72 Å². The van der Waals surface area contributed by atoms with Gasteiger partial charge in [0.15, 0.2) is 0 Å². The Bertz CT molecular complexity index is 729. The van der Waals surface area contributed by atoms with Gasteiger partial charge in [0.2, 0.25) is 0 Å². The number of nitrogens with zero attached hydrogens (tertiary/aromatic N) is 1. The van der Waals surface area contributed by atoms with E-state index in [0.29, 0.717) is 11.3 Å². The lowest BCUT2D eigenvalue weighted by Crippen LogP contribution is -2.13. The molecule has 0 aliphatic heterocycles. The molecule has 0 fully saturated rings. The van der Waals surface area contributed by atoms with Crippen LogP contribution in [0.1, 0.15) is 21.5 Å². The normalized spacial score (nSPS) is 10.2. The van der Waals surface area contributed by atoms with Gasteiger partial charge in [0.1, 0.15) is 0 Å². The summed E-state index contributed by atoms with van der Waals surface area (Å²) in [6, 6.07) is 9.85. The van der Waals surface area contributed by atoms with Gasteiger partial charge >= 0.3 is 0 Å². The molecular weight excluding hydrogens is 336 g/mol. The predicted octanol–water partition coefficient (Wildman–Crippen LogP) is 4.23. The molecule has 0 aromatic heterocycles. The lowest BCUT2D eigenvalue weighted by molar-refractivity contribution is -0.384. The van der Waals surface area contributed by atoms with Crippen LogP contribution in [0.4, 0.5) is 11.4 Å². The van der Waals surface area contributed by atoms with E-state index >= 15 is 0 Å². The quantitative estimate of drug-likeness (QED) is 0.666. The number of benzene rings is 2. The van der Waals surface area contributed by atoms with Crippen molar-refractivity contribution in [2.75, 3.05) is 5.32 Å². The maximum Gasteiger partial charge on any atom is 0.270 e. The highest BCUT2D eigenvalue weighted by atomic mass is 79.9. The molecule has 108 valence electrons. The Morgan fingerprint density at radius 2 is 1.86 bits per heavy atom. The third-order valence-electron chi connectivity index (χ3n) is 2.91. The van der Waals surface area contributed by atoms with Crippen molar-refractivity contribution in [1.82, 2.24) is 0 Å². The molecule has 6 heteroatoms. The first-order valence-electron chi connectivity index (χ1n) is 6.20. The van der Waals surface area contributed by atoms with Gasteiger partial charge in [0.25, 0.3) is 11.6 Å². The van der Waals surface area contributed by atoms with Crippen molar-refractivity contribution >= 4 is 33.2 Å². The van der Waals surface area contributed by atoms with Gasteiger partial charge in [-0.25, -0.2) is 0 Å². The summed E-state index contributed by atoms with van der Waals surface area (Å²) in [6.45, 7) is 3.66. The third kappa shape index (κ3) is 3.66. The number of nitro benzene ring substituents is 1. The summed E-state index contributed by atoms with van der Waals surface area (Å²) in [5.74, 6) is -0.383. The van der Waals surface area contributed by atoms with Gasteiger partial charge in [-0.2, -0.15) is 0 Å². The topological polar surface area (TPSA) is 72.2 Å². The molecule has 0 saturated carbocycles. The number of carbonyl (C=O) groups is 1. The maximum atomic E-state index is 12.2. The van der Waals surface area contributed by atoms with Crippen LogP contribution in [0.15, 0.2) is 40.9 Å². The number of amides is 1. The minimum atomic E-state index is -0.508. The van der Waals surface area contributed by atoms with Gasteiger partial charge < -0.3 is 5.32 Å². The summed E-state index contributed by atoms with van der Waals surface area (Å²) in [5, 5.41) is 13.6. The Balaban J connectivity index is 2.30. The summed E-state index contributed by atoms with van der Waals surface area (Å²) in [4.78, 5) is 22.6. The van der Waals surface area contributed by atoms with Crippen LogP contribution in [0, 0.1) is 24.0 Å². The minimum Gasteiger partial charge on any atom is -0.321 e. The van der Waals surface area contributed by atoms with Gasteiger partial charge in [-0.3, -0.25) is 14.9 Å². The number of anilines is 1. The van der Waals surface area contributed by atoms with Crippen LogP contribution in [0.25, 0.3) is 0 Å². The summed E-state index contributed by atoms with van der Waals surface area (Å²) in [6.07, 6.45) is 0. The standard InChI is InChI=1S/C15H13BrN2O3/c1-9-3-4-14(13(16)7-9)17-15(19)11-5-10(2)6-12(8-11)18(20)21/h3-8H,1-2H3,(H,17,19). The van der Waals surface area contributed by atoms with Crippen LogP contribution in [0.5, 0.6) is 0 Å². The lowest BCUT2D eigenvalue weighted by atomic mass is 10.1. The van der Waals surface area contributed by atoms with Gasteiger partial charge in [-0.05, 0) is 59.1 Å². The number of hydrogen-bond donors (Lipinski definition) is 1. The third-order valence-corrected chi connectivity index (χ3v) is 3.56. The highest BCUT2D eigenvalue weighted by Crippen LogP contribution is 2.24. The number of hydrogen-bond acceptors (Lipinski definition) is 3. The fourth-order valence-electron chi connectivity index (χ4n) is 1.92. The molecule has 0 heterocycles. The van der Waals surface area contributed by atoms with Crippen LogP contribution in [-0.4, -0.2) is 10.8 Å². The number of nitro groups is 1. The van der Waals surface area contributed by atoms with Gasteiger partial charge in [0.05, 0.1) is 10.6 Å². The fourth-order valence-corrected chi connectivity index (χ4v) is 2.51. The van der Waals surface area contributed by atoms with Crippen LogP contribution in [-0.2, 0) is 0 Å². The Kier molecular flexibility index (Phi) is 4.37. The van der Waals surface area contributed by atoms with E-state index in [2.05, 4.69) is 21.2 Å². The van der Waals surface area contributed by atoms with E-state index in [1.165, 1.54) is 12.1 Å².